The Labute approximate surface area is 245 Å². The van der Waals surface area contributed by atoms with Gasteiger partial charge in [0.05, 0.1) is 10.7 Å². The van der Waals surface area contributed by atoms with Crippen LogP contribution in [0.15, 0.2) is 60.2 Å². The van der Waals surface area contributed by atoms with E-state index >= 15 is 0 Å². The third kappa shape index (κ3) is 4.07. The highest BCUT2D eigenvalue weighted by Crippen LogP contribution is 2.60. The summed E-state index contributed by atoms with van der Waals surface area (Å²) in [4.78, 5) is 27.7. The lowest BCUT2D eigenvalue weighted by molar-refractivity contribution is -0.122. The van der Waals surface area contributed by atoms with Crippen molar-refractivity contribution < 1.29 is 9.59 Å². The van der Waals surface area contributed by atoms with Gasteiger partial charge in [-0.2, -0.15) is 0 Å². The van der Waals surface area contributed by atoms with E-state index in [4.69, 9.17) is 23.8 Å². The molecule has 1 aliphatic heterocycles. The molecule has 7 heteroatoms. The summed E-state index contributed by atoms with van der Waals surface area (Å²) in [7, 11) is 0. The molecule has 5 aliphatic rings. The Morgan fingerprint density at radius 2 is 1.57 bits per heavy atom. The second kappa shape index (κ2) is 9.42. The minimum Gasteiger partial charge on any atom is -0.318 e. The van der Waals surface area contributed by atoms with E-state index < -0.39 is 11.8 Å². The molecule has 0 radical (unpaired) electrons. The number of nitrogens with zero attached hydrogens (tertiary/aromatic N) is 2. The quantitative estimate of drug-likeness (QED) is 0.208. The molecule has 1 N–H and O–H groups in total. The molecule has 0 atom stereocenters. The van der Waals surface area contributed by atoms with Gasteiger partial charge in [-0.05, 0) is 135 Å². The van der Waals surface area contributed by atoms with Crippen LogP contribution in [-0.2, 0) is 15.0 Å². The molecule has 1 saturated heterocycles. The van der Waals surface area contributed by atoms with Gasteiger partial charge in [-0.1, -0.05) is 35.9 Å². The summed E-state index contributed by atoms with van der Waals surface area (Å²) in [5.74, 6) is 1.74. The van der Waals surface area contributed by atoms with Crippen molar-refractivity contribution >= 4 is 52.5 Å². The number of rotatable bonds is 4. The highest BCUT2D eigenvalue weighted by molar-refractivity contribution is 7.80. The maximum absolute atomic E-state index is 13.5. The second-order valence-electron chi connectivity index (χ2n) is 12.3. The predicted octanol–water partition coefficient (Wildman–Crippen LogP) is 7.05. The summed E-state index contributed by atoms with van der Waals surface area (Å²) in [5.41, 5.74) is 6.23. The predicted molar refractivity (Wildman–Crippen MR) is 163 cm³/mol. The number of carbonyl (C=O) groups excluding carboxylic acids is 2. The number of amides is 2. The van der Waals surface area contributed by atoms with Crippen LogP contribution in [0.2, 0.25) is 5.02 Å². The zero-order valence-electron chi connectivity index (χ0n) is 22.7. The molecule has 2 heterocycles. The molecule has 3 aromatic rings. The molecule has 4 saturated carbocycles. The highest BCUT2D eigenvalue weighted by atomic mass is 35.5. The third-order valence-electron chi connectivity index (χ3n) is 9.74. The van der Waals surface area contributed by atoms with E-state index in [1.54, 1.807) is 30.3 Å². The van der Waals surface area contributed by atoms with Gasteiger partial charge in [0.1, 0.15) is 5.57 Å². The number of nitrogens with one attached hydrogen (secondary N) is 1. The average Bonchev–Trinajstić information content (AvgIpc) is 3.19. The van der Waals surface area contributed by atoms with Crippen LogP contribution in [0.1, 0.15) is 61.0 Å². The molecule has 0 spiro atoms. The fraction of sp³-hybridized carbons (Fsp3) is 0.364. The van der Waals surface area contributed by atoms with E-state index in [0.717, 1.165) is 40.4 Å². The summed E-state index contributed by atoms with van der Waals surface area (Å²) in [6.45, 7) is 4.07. The molecule has 1 aromatic heterocycles. The largest absolute Gasteiger partial charge is 0.318 e. The number of halogens is 1. The molecule has 2 aromatic carbocycles. The van der Waals surface area contributed by atoms with Crippen LogP contribution >= 0.6 is 23.8 Å². The minimum atomic E-state index is -0.511. The lowest BCUT2D eigenvalue weighted by atomic mass is 9.48. The van der Waals surface area contributed by atoms with Gasteiger partial charge in [-0.15, -0.1) is 0 Å². The molecular weight excluding hydrogens is 538 g/mol. The van der Waals surface area contributed by atoms with Crippen molar-refractivity contribution in [2.45, 2.75) is 57.8 Å². The van der Waals surface area contributed by atoms with Gasteiger partial charge in [0, 0.05) is 17.1 Å². The standard InChI is InChI=1S/C33H32ClN3O2S/c1-19-11-24(15-27-30(38)35-32(40)37(31(27)39)29-6-4-3-5-28(29)34)20(2)36(19)26-9-7-25(8-10-26)33-16-21-12-22(17-33)14-23(13-21)18-33/h3-11,15,21-23H,12-14,16-18H2,1-2H3,(H,35,38,40)/b27-15+. The van der Waals surface area contributed by atoms with Crippen LogP contribution in [0.4, 0.5) is 5.69 Å². The lowest BCUT2D eigenvalue weighted by Gasteiger charge is -2.57. The molecular formula is C33H32ClN3O2S. The van der Waals surface area contributed by atoms with Gasteiger partial charge in [0.2, 0.25) is 0 Å². The SMILES string of the molecule is Cc1cc(/C=C2\C(=O)NC(=S)N(c3ccccc3Cl)C2=O)c(C)n1-c1ccc(C23CC4CC(CC(C4)C2)C3)cc1. The van der Waals surface area contributed by atoms with Crippen molar-refractivity contribution in [3.05, 3.63) is 87.7 Å². The fourth-order valence-corrected chi connectivity index (χ4v) is 8.92. The fourth-order valence-electron chi connectivity index (χ4n) is 8.42. The Hall–Kier alpha value is -3.22. The first-order valence-corrected chi connectivity index (χ1v) is 15.0. The van der Waals surface area contributed by atoms with Crippen molar-refractivity contribution in [1.82, 2.24) is 9.88 Å². The number of aromatic nitrogens is 1. The number of anilines is 1. The van der Waals surface area contributed by atoms with Gasteiger partial charge in [0.15, 0.2) is 5.11 Å². The van der Waals surface area contributed by atoms with Crippen LogP contribution in [0.5, 0.6) is 0 Å². The summed E-state index contributed by atoms with van der Waals surface area (Å²) in [5, 5.41) is 3.05. The molecule has 5 nitrogen and oxygen atoms in total. The molecule has 2 amide bonds. The number of thiocarbonyl (C=S) groups is 1. The van der Waals surface area contributed by atoms with Gasteiger partial charge in [-0.3, -0.25) is 19.8 Å². The topological polar surface area (TPSA) is 54.3 Å². The average molecular weight is 570 g/mol. The monoisotopic (exact) mass is 569 g/mol. The van der Waals surface area contributed by atoms with E-state index in [9.17, 15) is 9.59 Å². The van der Waals surface area contributed by atoms with Crippen LogP contribution < -0.4 is 10.2 Å². The highest BCUT2D eigenvalue weighted by Gasteiger charge is 2.51. The Balaban J connectivity index is 1.20. The van der Waals surface area contributed by atoms with Gasteiger partial charge in [0.25, 0.3) is 11.8 Å². The van der Waals surface area contributed by atoms with Crippen molar-refractivity contribution in [3.63, 3.8) is 0 Å². The van der Waals surface area contributed by atoms with E-state index in [2.05, 4.69) is 41.1 Å². The first-order valence-electron chi connectivity index (χ1n) is 14.2. The molecule has 4 aliphatic carbocycles. The molecule has 40 heavy (non-hydrogen) atoms. The molecule has 5 fully saturated rings. The Bertz CT molecular complexity index is 1570. The van der Waals surface area contributed by atoms with Crippen LogP contribution in [-0.4, -0.2) is 21.5 Å². The van der Waals surface area contributed by atoms with Crippen molar-refractivity contribution in [1.29, 1.82) is 0 Å². The van der Waals surface area contributed by atoms with E-state index in [1.807, 2.05) is 13.0 Å². The number of hydrogen-bond donors (Lipinski definition) is 1. The summed E-state index contributed by atoms with van der Waals surface area (Å²) >= 11 is 11.7. The molecule has 204 valence electrons. The molecule has 4 bridgehead atoms. The molecule has 8 rings (SSSR count). The maximum Gasteiger partial charge on any atom is 0.270 e. The van der Waals surface area contributed by atoms with Crippen LogP contribution in [0, 0.1) is 31.6 Å². The number of hydrogen-bond acceptors (Lipinski definition) is 3. The van der Waals surface area contributed by atoms with Crippen LogP contribution in [0.3, 0.4) is 0 Å². The minimum absolute atomic E-state index is 0.0184. The smallest absolute Gasteiger partial charge is 0.270 e. The van der Waals surface area contributed by atoms with Crippen LogP contribution in [0.25, 0.3) is 11.8 Å². The Kier molecular flexibility index (Phi) is 6.06. The number of para-hydroxylation sites is 1. The van der Waals surface area contributed by atoms with Crippen molar-refractivity contribution in [3.8, 4) is 5.69 Å². The van der Waals surface area contributed by atoms with E-state index in [1.165, 1.54) is 49.0 Å². The zero-order valence-corrected chi connectivity index (χ0v) is 24.3. The summed E-state index contributed by atoms with van der Waals surface area (Å²) < 4.78 is 2.19. The zero-order chi connectivity index (χ0) is 27.8. The van der Waals surface area contributed by atoms with Crippen molar-refractivity contribution in [2.24, 2.45) is 17.8 Å². The van der Waals surface area contributed by atoms with E-state index in [0.29, 0.717) is 16.1 Å². The third-order valence-corrected chi connectivity index (χ3v) is 10.3. The summed E-state index contributed by atoms with van der Waals surface area (Å²) in [6.07, 6.45) is 10.0. The maximum atomic E-state index is 13.5. The van der Waals surface area contributed by atoms with E-state index in [-0.39, 0.29) is 10.7 Å². The number of aryl methyl sites for hydroxylation is 1. The number of benzene rings is 2. The lowest BCUT2D eigenvalue weighted by Crippen LogP contribution is -2.54. The second-order valence-corrected chi connectivity index (χ2v) is 13.1. The van der Waals surface area contributed by atoms with Gasteiger partial charge >= 0.3 is 0 Å². The Morgan fingerprint density at radius 3 is 2.20 bits per heavy atom. The summed E-state index contributed by atoms with van der Waals surface area (Å²) in [6, 6.07) is 18.1. The van der Waals surface area contributed by atoms with Gasteiger partial charge in [-0.25, -0.2) is 0 Å². The Morgan fingerprint density at radius 1 is 0.950 bits per heavy atom. The first kappa shape index (κ1) is 25.7. The number of carbonyl (C=O) groups is 2. The molecule has 0 unspecified atom stereocenters. The van der Waals surface area contributed by atoms with Crippen molar-refractivity contribution in [2.75, 3.05) is 4.90 Å². The first-order chi connectivity index (χ1) is 19.2. The normalized spacial score (nSPS) is 28.5. The van der Waals surface area contributed by atoms with Gasteiger partial charge < -0.3 is 4.57 Å².